The van der Waals surface area contributed by atoms with Gasteiger partial charge in [-0.2, -0.15) is 0 Å². The zero-order valence-electron chi connectivity index (χ0n) is 17.0. The Labute approximate surface area is 162 Å². The predicted octanol–water partition coefficient (Wildman–Crippen LogP) is 2.90. The maximum atomic E-state index is 12.6. The van der Waals surface area contributed by atoms with E-state index >= 15 is 0 Å². The van der Waals surface area contributed by atoms with Crippen molar-refractivity contribution in [3.8, 4) is 0 Å². The number of rotatable bonds is 9. The molecule has 0 saturated carbocycles. The Morgan fingerprint density at radius 2 is 2.00 bits per heavy atom. The van der Waals surface area contributed by atoms with Gasteiger partial charge in [-0.1, -0.05) is 33.8 Å². The predicted molar refractivity (Wildman–Crippen MR) is 108 cm³/mol. The van der Waals surface area contributed by atoms with Gasteiger partial charge in [0, 0.05) is 30.4 Å². The van der Waals surface area contributed by atoms with E-state index in [4.69, 9.17) is 4.74 Å². The zero-order valence-corrected chi connectivity index (χ0v) is 17.0. The fourth-order valence-corrected chi connectivity index (χ4v) is 3.52. The molecular formula is C21H33N3O3. The molecule has 0 radical (unpaired) electrons. The molecule has 27 heavy (non-hydrogen) atoms. The van der Waals surface area contributed by atoms with E-state index < -0.39 is 0 Å². The fourth-order valence-electron chi connectivity index (χ4n) is 3.52. The van der Waals surface area contributed by atoms with Crippen LogP contribution in [0.2, 0.25) is 0 Å². The van der Waals surface area contributed by atoms with Gasteiger partial charge in [-0.3, -0.25) is 14.5 Å². The van der Waals surface area contributed by atoms with Crippen LogP contribution in [0.15, 0.2) is 24.3 Å². The van der Waals surface area contributed by atoms with Crippen LogP contribution in [-0.2, 0) is 9.53 Å². The first kappa shape index (κ1) is 21.4. The Bertz CT molecular complexity index is 623. The standard InChI is InChI=1S/C21H33N3O3/c1-5-24(6-2)18(15(3)4)14-22-20(25)16-9-7-10-17(13-16)23-21(26)19-11-8-12-27-19/h7,9-10,13,15,18-19H,5-6,8,11-12,14H2,1-4H3,(H,22,25)(H,23,26). The molecule has 1 aromatic carbocycles. The summed E-state index contributed by atoms with van der Waals surface area (Å²) in [5, 5.41) is 5.89. The van der Waals surface area contributed by atoms with E-state index in [1.54, 1.807) is 24.3 Å². The first-order valence-corrected chi connectivity index (χ1v) is 10.0. The molecule has 0 aliphatic carbocycles. The lowest BCUT2D eigenvalue weighted by Gasteiger charge is -2.32. The summed E-state index contributed by atoms with van der Waals surface area (Å²) in [6.45, 7) is 11.8. The van der Waals surface area contributed by atoms with Gasteiger partial charge in [0.25, 0.3) is 11.8 Å². The third-order valence-corrected chi connectivity index (χ3v) is 5.14. The number of hydrogen-bond donors (Lipinski definition) is 2. The van der Waals surface area contributed by atoms with E-state index in [1.165, 1.54) is 0 Å². The molecule has 2 atom stereocenters. The molecule has 2 unspecified atom stereocenters. The van der Waals surface area contributed by atoms with Crippen LogP contribution in [0.1, 0.15) is 50.9 Å². The van der Waals surface area contributed by atoms with Crippen LogP contribution in [0.25, 0.3) is 0 Å². The first-order chi connectivity index (χ1) is 13.0. The van der Waals surface area contributed by atoms with Crippen molar-refractivity contribution in [3.63, 3.8) is 0 Å². The van der Waals surface area contributed by atoms with E-state index in [1.807, 2.05) is 0 Å². The molecule has 1 fully saturated rings. The highest BCUT2D eigenvalue weighted by Gasteiger charge is 2.24. The van der Waals surface area contributed by atoms with Crippen molar-refractivity contribution in [3.05, 3.63) is 29.8 Å². The minimum atomic E-state index is -0.386. The lowest BCUT2D eigenvalue weighted by Crippen LogP contribution is -2.46. The van der Waals surface area contributed by atoms with Crippen molar-refractivity contribution in [1.29, 1.82) is 0 Å². The van der Waals surface area contributed by atoms with Gasteiger partial charge < -0.3 is 15.4 Å². The summed E-state index contributed by atoms with van der Waals surface area (Å²) in [7, 11) is 0. The molecule has 0 aromatic heterocycles. The average Bonchev–Trinajstić information content (AvgIpc) is 3.19. The number of amides is 2. The largest absolute Gasteiger partial charge is 0.368 e. The van der Waals surface area contributed by atoms with E-state index in [0.717, 1.165) is 25.9 Å². The first-order valence-electron chi connectivity index (χ1n) is 10.0. The van der Waals surface area contributed by atoms with Crippen LogP contribution < -0.4 is 10.6 Å². The summed E-state index contributed by atoms with van der Waals surface area (Å²) < 4.78 is 5.40. The number of nitrogens with one attached hydrogen (secondary N) is 2. The number of hydrogen-bond acceptors (Lipinski definition) is 4. The van der Waals surface area contributed by atoms with Gasteiger partial charge >= 0.3 is 0 Å². The Kier molecular flexibility index (Phi) is 8.25. The minimum absolute atomic E-state index is 0.124. The van der Waals surface area contributed by atoms with Crippen molar-refractivity contribution < 1.29 is 14.3 Å². The summed E-state index contributed by atoms with van der Waals surface area (Å²) in [6.07, 6.45) is 1.27. The maximum absolute atomic E-state index is 12.6. The smallest absolute Gasteiger partial charge is 0.253 e. The number of likely N-dealkylation sites (N-methyl/N-ethyl adjacent to an activating group) is 1. The van der Waals surface area contributed by atoms with E-state index in [2.05, 4.69) is 43.2 Å². The van der Waals surface area contributed by atoms with E-state index in [-0.39, 0.29) is 17.9 Å². The second-order valence-electron chi connectivity index (χ2n) is 7.31. The third kappa shape index (κ3) is 6.04. The highest BCUT2D eigenvalue weighted by atomic mass is 16.5. The molecule has 6 heteroatoms. The van der Waals surface area contributed by atoms with Gasteiger partial charge in [-0.15, -0.1) is 0 Å². The third-order valence-electron chi connectivity index (χ3n) is 5.14. The summed E-state index contributed by atoms with van der Waals surface area (Å²) in [4.78, 5) is 27.1. The number of nitrogens with zero attached hydrogens (tertiary/aromatic N) is 1. The summed E-state index contributed by atoms with van der Waals surface area (Å²) in [5.41, 5.74) is 1.16. The molecule has 1 heterocycles. The SMILES string of the molecule is CCN(CC)C(CNC(=O)c1cccc(NC(=O)C2CCCO2)c1)C(C)C. The van der Waals surface area contributed by atoms with Gasteiger partial charge in [0.05, 0.1) is 0 Å². The molecule has 0 spiro atoms. The number of anilines is 1. The topological polar surface area (TPSA) is 70.7 Å². The molecule has 1 aliphatic rings. The second-order valence-corrected chi connectivity index (χ2v) is 7.31. The van der Waals surface area contributed by atoms with Gasteiger partial charge in [0.1, 0.15) is 6.10 Å². The monoisotopic (exact) mass is 375 g/mol. The minimum Gasteiger partial charge on any atom is -0.368 e. The molecule has 1 aromatic rings. The van der Waals surface area contributed by atoms with Crippen molar-refractivity contribution >= 4 is 17.5 Å². The quantitative estimate of drug-likeness (QED) is 0.696. The van der Waals surface area contributed by atoms with Crippen LogP contribution in [0, 0.1) is 5.92 Å². The van der Waals surface area contributed by atoms with Crippen LogP contribution >= 0.6 is 0 Å². The lowest BCUT2D eigenvalue weighted by atomic mass is 10.0. The van der Waals surface area contributed by atoms with Crippen molar-refractivity contribution in [2.75, 3.05) is 31.6 Å². The average molecular weight is 376 g/mol. The van der Waals surface area contributed by atoms with Gasteiger partial charge in [-0.05, 0) is 50.0 Å². The van der Waals surface area contributed by atoms with Crippen LogP contribution in [-0.4, -0.2) is 55.1 Å². The molecule has 2 amide bonds. The summed E-state index contributed by atoms with van der Waals surface area (Å²) in [5.74, 6) is 0.176. The Balaban J connectivity index is 1.96. The second kappa shape index (κ2) is 10.4. The molecule has 0 bridgehead atoms. The number of carbonyl (C=O) groups excluding carboxylic acids is 2. The fraction of sp³-hybridized carbons (Fsp3) is 0.619. The molecule has 6 nitrogen and oxygen atoms in total. The molecule has 1 saturated heterocycles. The zero-order chi connectivity index (χ0) is 19.8. The van der Waals surface area contributed by atoms with E-state index in [0.29, 0.717) is 36.4 Å². The van der Waals surface area contributed by atoms with Gasteiger partial charge in [0.2, 0.25) is 0 Å². The Morgan fingerprint density at radius 3 is 2.59 bits per heavy atom. The molecule has 1 aliphatic heterocycles. The Hall–Kier alpha value is -1.92. The normalized spacial score (nSPS) is 17.9. The van der Waals surface area contributed by atoms with Gasteiger partial charge in [0.15, 0.2) is 0 Å². The number of ether oxygens (including phenoxy) is 1. The van der Waals surface area contributed by atoms with Gasteiger partial charge in [-0.25, -0.2) is 0 Å². The molecular weight excluding hydrogens is 342 g/mol. The van der Waals surface area contributed by atoms with E-state index in [9.17, 15) is 9.59 Å². The highest BCUT2D eigenvalue weighted by Crippen LogP contribution is 2.16. The highest BCUT2D eigenvalue weighted by molar-refractivity contribution is 5.98. The van der Waals surface area contributed by atoms with Crippen molar-refractivity contribution in [2.45, 2.75) is 52.7 Å². The number of carbonyl (C=O) groups is 2. The molecule has 2 rings (SSSR count). The van der Waals surface area contributed by atoms with Crippen LogP contribution in [0.3, 0.4) is 0 Å². The van der Waals surface area contributed by atoms with Crippen molar-refractivity contribution in [2.24, 2.45) is 5.92 Å². The number of benzene rings is 1. The lowest BCUT2D eigenvalue weighted by molar-refractivity contribution is -0.124. The summed E-state index contributed by atoms with van der Waals surface area (Å²) >= 11 is 0. The molecule has 2 N–H and O–H groups in total. The Morgan fingerprint density at radius 1 is 1.26 bits per heavy atom. The molecule has 150 valence electrons. The van der Waals surface area contributed by atoms with Crippen LogP contribution in [0.4, 0.5) is 5.69 Å². The maximum Gasteiger partial charge on any atom is 0.253 e. The summed E-state index contributed by atoms with van der Waals surface area (Å²) in [6, 6.07) is 7.34. The van der Waals surface area contributed by atoms with Crippen molar-refractivity contribution in [1.82, 2.24) is 10.2 Å². The van der Waals surface area contributed by atoms with Crippen LogP contribution in [0.5, 0.6) is 0 Å².